The Labute approximate surface area is 142 Å². The van der Waals surface area contributed by atoms with E-state index in [1.807, 2.05) is 0 Å². The normalized spacial score (nSPS) is 21.3. The van der Waals surface area contributed by atoms with Crippen molar-refractivity contribution in [3.63, 3.8) is 0 Å². The zero-order valence-electron chi connectivity index (χ0n) is 15.8. The smallest absolute Gasteiger partial charge is 0.193 e. The molecule has 1 N–H and O–H groups in total. The lowest BCUT2D eigenvalue weighted by Crippen LogP contribution is -2.57. The lowest BCUT2D eigenvalue weighted by Gasteiger charge is -2.39. The molecule has 6 nitrogen and oxygen atoms in total. The summed E-state index contributed by atoms with van der Waals surface area (Å²) in [5.74, 6) is 0.977. The minimum atomic E-state index is -3.02. The minimum absolute atomic E-state index is 0.185. The molecule has 136 valence electrons. The van der Waals surface area contributed by atoms with Crippen molar-refractivity contribution in [1.29, 1.82) is 0 Å². The summed E-state index contributed by atoms with van der Waals surface area (Å²) in [5, 5.41) is 3.38. The summed E-state index contributed by atoms with van der Waals surface area (Å²) in [6.45, 7) is 15.1. The van der Waals surface area contributed by atoms with Gasteiger partial charge < -0.3 is 10.2 Å². The Bertz CT molecular complexity index is 504. The van der Waals surface area contributed by atoms with Gasteiger partial charge in [-0.2, -0.15) is 0 Å². The number of hydrogen-bond donors (Lipinski definition) is 1. The Morgan fingerprint density at radius 1 is 1.26 bits per heavy atom. The molecule has 1 rings (SSSR count). The second-order valence-electron chi connectivity index (χ2n) is 7.40. The molecular formula is C16H34N4O2S. The van der Waals surface area contributed by atoms with Gasteiger partial charge in [-0.05, 0) is 41.5 Å². The van der Waals surface area contributed by atoms with Crippen molar-refractivity contribution in [2.24, 2.45) is 4.99 Å². The van der Waals surface area contributed by atoms with Crippen LogP contribution in [0.15, 0.2) is 4.99 Å². The van der Waals surface area contributed by atoms with E-state index in [9.17, 15) is 8.42 Å². The summed E-state index contributed by atoms with van der Waals surface area (Å²) < 4.78 is 23.5. The molecule has 0 aromatic carbocycles. The highest BCUT2D eigenvalue weighted by molar-refractivity contribution is 7.92. The van der Waals surface area contributed by atoms with Crippen LogP contribution in [0.2, 0.25) is 0 Å². The number of rotatable bonds is 5. The molecule has 0 unspecified atom stereocenters. The molecule has 23 heavy (non-hydrogen) atoms. The minimum Gasteiger partial charge on any atom is -0.355 e. The van der Waals surface area contributed by atoms with Crippen molar-refractivity contribution in [1.82, 2.24) is 15.1 Å². The van der Waals surface area contributed by atoms with Crippen molar-refractivity contribution in [3.8, 4) is 0 Å². The molecule has 1 aliphatic rings. The molecule has 7 heteroatoms. The maximum atomic E-state index is 12.1. The standard InChI is InChI=1S/C16H34N4O2S/c1-13(2)20(14(3)4)9-8-18-15(17-7)19-10-11-23(21,22)16(5,6)12-19/h13-14H,8-12H2,1-7H3,(H,17,18). The molecule has 0 aromatic heterocycles. The molecule has 0 aliphatic carbocycles. The number of nitrogens with zero attached hydrogens (tertiary/aromatic N) is 3. The van der Waals surface area contributed by atoms with Crippen LogP contribution in [0.25, 0.3) is 0 Å². The van der Waals surface area contributed by atoms with Crippen LogP contribution in [-0.2, 0) is 9.84 Å². The first-order valence-corrected chi connectivity index (χ1v) is 10.1. The molecule has 0 amide bonds. The zero-order valence-corrected chi connectivity index (χ0v) is 16.6. The summed E-state index contributed by atoms with van der Waals surface area (Å²) >= 11 is 0. The molecule has 0 radical (unpaired) electrons. The topological polar surface area (TPSA) is 65.0 Å². The van der Waals surface area contributed by atoms with E-state index in [0.29, 0.717) is 25.2 Å². The Morgan fingerprint density at radius 2 is 1.83 bits per heavy atom. The van der Waals surface area contributed by atoms with E-state index < -0.39 is 14.6 Å². The van der Waals surface area contributed by atoms with Crippen LogP contribution < -0.4 is 5.32 Å². The maximum absolute atomic E-state index is 12.1. The Balaban J connectivity index is 2.63. The first-order valence-electron chi connectivity index (χ1n) is 8.45. The van der Waals surface area contributed by atoms with E-state index in [2.05, 4.69) is 47.8 Å². The molecule has 0 spiro atoms. The van der Waals surface area contributed by atoms with Gasteiger partial charge in [0.1, 0.15) is 0 Å². The summed E-state index contributed by atoms with van der Waals surface area (Å²) in [6, 6.07) is 0.996. The van der Waals surface area contributed by atoms with E-state index >= 15 is 0 Å². The van der Waals surface area contributed by atoms with Crippen molar-refractivity contribution >= 4 is 15.8 Å². The molecule has 0 atom stereocenters. The van der Waals surface area contributed by atoms with Crippen LogP contribution in [0.4, 0.5) is 0 Å². The lowest BCUT2D eigenvalue weighted by molar-refractivity contribution is 0.177. The van der Waals surface area contributed by atoms with Gasteiger partial charge >= 0.3 is 0 Å². The predicted octanol–water partition coefficient (Wildman–Crippen LogP) is 1.19. The van der Waals surface area contributed by atoms with Crippen LogP contribution in [0.3, 0.4) is 0 Å². The molecule has 0 saturated carbocycles. The fourth-order valence-corrected chi connectivity index (χ4v) is 4.43. The summed E-state index contributed by atoms with van der Waals surface area (Å²) in [6.07, 6.45) is 0. The van der Waals surface area contributed by atoms with Gasteiger partial charge in [-0.3, -0.25) is 9.89 Å². The van der Waals surface area contributed by atoms with E-state index in [1.165, 1.54) is 0 Å². The van der Waals surface area contributed by atoms with Gasteiger partial charge in [-0.25, -0.2) is 8.42 Å². The van der Waals surface area contributed by atoms with Crippen molar-refractivity contribution < 1.29 is 8.42 Å². The van der Waals surface area contributed by atoms with Gasteiger partial charge in [-0.15, -0.1) is 0 Å². The van der Waals surface area contributed by atoms with E-state index in [1.54, 1.807) is 20.9 Å². The third-order valence-corrected chi connectivity index (χ3v) is 7.07. The number of nitrogens with one attached hydrogen (secondary N) is 1. The molecule has 1 heterocycles. The fourth-order valence-electron chi connectivity index (χ4n) is 3.07. The molecular weight excluding hydrogens is 312 g/mol. The molecule has 0 aromatic rings. The highest BCUT2D eigenvalue weighted by Gasteiger charge is 2.40. The molecule has 1 aliphatic heterocycles. The quantitative estimate of drug-likeness (QED) is 0.598. The third kappa shape index (κ3) is 5.08. The summed E-state index contributed by atoms with van der Waals surface area (Å²) in [5.41, 5.74) is 0. The number of sulfone groups is 1. The summed E-state index contributed by atoms with van der Waals surface area (Å²) in [4.78, 5) is 8.80. The average Bonchev–Trinajstić information content (AvgIpc) is 2.41. The van der Waals surface area contributed by atoms with Gasteiger partial charge in [0.15, 0.2) is 15.8 Å². The first-order chi connectivity index (χ1) is 10.5. The van der Waals surface area contributed by atoms with Crippen molar-refractivity contribution in [2.45, 2.75) is 58.4 Å². The highest BCUT2D eigenvalue weighted by atomic mass is 32.2. The first kappa shape index (κ1) is 20.2. The Morgan fingerprint density at radius 3 is 2.26 bits per heavy atom. The summed E-state index contributed by atoms with van der Waals surface area (Å²) in [7, 11) is -1.27. The van der Waals surface area contributed by atoms with E-state index in [4.69, 9.17) is 0 Å². The highest BCUT2D eigenvalue weighted by Crippen LogP contribution is 2.23. The Kier molecular flexibility index (Phi) is 6.89. The largest absolute Gasteiger partial charge is 0.355 e. The molecule has 1 fully saturated rings. The van der Waals surface area contributed by atoms with Crippen LogP contribution in [0, 0.1) is 0 Å². The second kappa shape index (κ2) is 7.83. The second-order valence-corrected chi connectivity index (χ2v) is 10.1. The van der Waals surface area contributed by atoms with Gasteiger partial charge in [0.25, 0.3) is 0 Å². The van der Waals surface area contributed by atoms with Gasteiger partial charge in [0, 0.05) is 45.3 Å². The predicted molar refractivity (Wildman–Crippen MR) is 97.8 cm³/mol. The van der Waals surface area contributed by atoms with Crippen molar-refractivity contribution in [2.75, 3.05) is 39.0 Å². The SMILES string of the molecule is CN=C(NCCN(C(C)C)C(C)C)N1CCS(=O)(=O)C(C)(C)C1. The number of guanidine groups is 1. The van der Waals surface area contributed by atoms with Crippen LogP contribution in [-0.4, -0.2) is 80.0 Å². The maximum Gasteiger partial charge on any atom is 0.193 e. The van der Waals surface area contributed by atoms with Gasteiger partial charge in [0.05, 0.1) is 10.5 Å². The average molecular weight is 347 g/mol. The zero-order chi connectivity index (χ0) is 17.8. The van der Waals surface area contributed by atoms with Crippen molar-refractivity contribution in [3.05, 3.63) is 0 Å². The molecule has 0 bridgehead atoms. The van der Waals surface area contributed by atoms with Crippen LogP contribution in [0.5, 0.6) is 0 Å². The third-order valence-electron chi connectivity index (χ3n) is 4.53. The van der Waals surface area contributed by atoms with Crippen LogP contribution in [0.1, 0.15) is 41.5 Å². The lowest BCUT2D eigenvalue weighted by atomic mass is 10.2. The van der Waals surface area contributed by atoms with E-state index in [-0.39, 0.29) is 5.75 Å². The monoisotopic (exact) mass is 346 g/mol. The fraction of sp³-hybridized carbons (Fsp3) is 0.938. The molecule has 1 saturated heterocycles. The van der Waals surface area contributed by atoms with Gasteiger partial charge in [0.2, 0.25) is 0 Å². The van der Waals surface area contributed by atoms with E-state index in [0.717, 1.165) is 19.0 Å². The van der Waals surface area contributed by atoms with Crippen LogP contribution >= 0.6 is 0 Å². The number of aliphatic imine (C=N–C) groups is 1. The Hall–Kier alpha value is -0.820. The number of hydrogen-bond acceptors (Lipinski definition) is 4. The van der Waals surface area contributed by atoms with Gasteiger partial charge in [-0.1, -0.05) is 0 Å².